The summed E-state index contributed by atoms with van der Waals surface area (Å²) >= 11 is 0. The van der Waals surface area contributed by atoms with Crippen molar-refractivity contribution in [2.45, 2.75) is 13.5 Å². The third-order valence-corrected chi connectivity index (χ3v) is 4.35. The van der Waals surface area contributed by atoms with Crippen molar-refractivity contribution in [3.8, 4) is 17.2 Å². The van der Waals surface area contributed by atoms with Gasteiger partial charge in [-0.05, 0) is 60.5 Å². The summed E-state index contributed by atoms with van der Waals surface area (Å²) in [7, 11) is -0.314. The van der Waals surface area contributed by atoms with Gasteiger partial charge in [-0.3, -0.25) is 4.79 Å². The summed E-state index contributed by atoms with van der Waals surface area (Å²) in [6.07, 6.45) is 0. The van der Waals surface area contributed by atoms with Crippen LogP contribution in [0.1, 0.15) is 21.5 Å². The van der Waals surface area contributed by atoms with Crippen molar-refractivity contribution in [3.63, 3.8) is 0 Å². The number of ether oxygens (including phenoxy) is 2. The van der Waals surface area contributed by atoms with Crippen molar-refractivity contribution >= 4 is 18.9 Å². The van der Waals surface area contributed by atoms with Crippen LogP contribution in [0.15, 0.2) is 66.7 Å². The lowest BCUT2D eigenvalue weighted by molar-refractivity contribution is 0.102. The van der Waals surface area contributed by atoms with E-state index in [1.54, 1.807) is 43.5 Å². The molecule has 0 aliphatic rings. The first-order chi connectivity index (χ1) is 14.4. The molecule has 0 heterocycles. The smallest absolute Gasteiger partial charge is 0.512 e. The van der Waals surface area contributed by atoms with Gasteiger partial charge < -0.3 is 29.5 Å². The SMILES string of the molecule is COc1cccc(COc2ccc(C(=O)Nc3cc(OB(O)O)ccc3C)cc2)c1. The minimum atomic E-state index is -1.93. The second-order valence-electron chi connectivity index (χ2n) is 6.54. The third-order valence-electron chi connectivity index (χ3n) is 4.35. The van der Waals surface area contributed by atoms with Gasteiger partial charge in [0.15, 0.2) is 0 Å². The summed E-state index contributed by atoms with van der Waals surface area (Å²) in [4.78, 5) is 12.6. The zero-order valence-corrected chi connectivity index (χ0v) is 16.7. The fraction of sp³-hybridized carbons (Fsp3) is 0.136. The first-order valence-electron chi connectivity index (χ1n) is 9.25. The van der Waals surface area contributed by atoms with E-state index in [0.717, 1.165) is 16.9 Å². The minimum Gasteiger partial charge on any atom is -0.512 e. The number of carbonyl (C=O) groups excluding carboxylic acids is 1. The Bertz CT molecular complexity index is 1010. The second kappa shape index (κ2) is 9.82. The highest BCUT2D eigenvalue weighted by Crippen LogP contribution is 2.23. The fourth-order valence-electron chi connectivity index (χ4n) is 2.76. The minimum absolute atomic E-state index is 0.229. The molecule has 0 saturated heterocycles. The number of aryl methyl sites for hydroxylation is 1. The lowest BCUT2D eigenvalue weighted by Crippen LogP contribution is -2.20. The van der Waals surface area contributed by atoms with E-state index in [4.69, 9.17) is 24.2 Å². The predicted molar refractivity (Wildman–Crippen MR) is 114 cm³/mol. The number of hydrogen-bond donors (Lipinski definition) is 3. The number of anilines is 1. The third kappa shape index (κ3) is 5.76. The van der Waals surface area contributed by atoms with E-state index in [1.807, 2.05) is 31.2 Å². The van der Waals surface area contributed by atoms with Gasteiger partial charge in [-0.1, -0.05) is 18.2 Å². The maximum atomic E-state index is 12.6. The van der Waals surface area contributed by atoms with Crippen LogP contribution >= 0.6 is 0 Å². The normalized spacial score (nSPS) is 10.3. The first kappa shape index (κ1) is 21.2. The van der Waals surface area contributed by atoms with Crippen LogP contribution in [-0.2, 0) is 6.61 Å². The molecule has 0 aromatic heterocycles. The largest absolute Gasteiger partial charge is 0.707 e. The molecule has 3 aromatic carbocycles. The maximum Gasteiger partial charge on any atom is 0.707 e. The molecule has 0 unspecified atom stereocenters. The molecule has 0 saturated carbocycles. The van der Waals surface area contributed by atoms with Gasteiger partial charge in [0.2, 0.25) is 0 Å². The molecule has 3 rings (SSSR count). The van der Waals surface area contributed by atoms with Gasteiger partial charge in [-0.2, -0.15) is 0 Å². The molecule has 0 aliphatic carbocycles. The molecule has 30 heavy (non-hydrogen) atoms. The number of methoxy groups -OCH3 is 1. The van der Waals surface area contributed by atoms with E-state index in [-0.39, 0.29) is 11.7 Å². The molecule has 8 heteroatoms. The van der Waals surface area contributed by atoms with E-state index < -0.39 is 7.32 Å². The number of amides is 1. The van der Waals surface area contributed by atoms with Crippen LogP contribution in [0.25, 0.3) is 0 Å². The summed E-state index contributed by atoms with van der Waals surface area (Å²) in [5, 5.41) is 20.6. The Morgan fingerprint density at radius 2 is 1.70 bits per heavy atom. The van der Waals surface area contributed by atoms with Crippen LogP contribution < -0.4 is 19.4 Å². The highest BCUT2D eigenvalue weighted by molar-refractivity contribution is 6.33. The highest BCUT2D eigenvalue weighted by atomic mass is 16.6. The summed E-state index contributed by atoms with van der Waals surface area (Å²) in [5.41, 5.74) is 2.75. The van der Waals surface area contributed by atoms with Gasteiger partial charge in [0, 0.05) is 17.3 Å². The summed E-state index contributed by atoms with van der Waals surface area (Å²) in [6, 6.07) is 19.2. The van der Waals surface area contributed by atoms with Crippen molar-refractivity contribution in [2.24, 2.45) is 0 Å². The molecule has 0 radical (unpaired) electrons. The Kier molecular flexibility index (Phi) is 6.95. The molecule has 0 bridgehead atoms. The van der Waals surface area contributed by atoms with Crippen molar-refractivity contribution in [1.82, 2.24) is 0 Å². The zero-order valence-electron chi connectivity index (χ0n) is 16.7. The van der Waals surface area contributed by atoms with Gasteiger partial charge in [0.1, 0.15) is 23.9 Å². The summed E-state index contributed by atoms with van der Waals surface area (Å²) in [5.74, 6) is 1.32. The van der Waals surface area contributed by atoms with E-state index in [9.17, 15) is 4.79 Å². The Labute approximate surface area is 175 Å². The fourth-order valence-corrected chi connectivity index (χ4v) is 2.76. The van der Waals surface area contributed by atoms with E-state index in [2.05, 4.69) is 5.32 Å². The number of rotatable bonds is 8. The average Bonchev–Trinajstić information content (AvgIpc) is 2.74. The monoisotopic (exact) mass is 407 g/mol. The molecule has 1 amide bonds. The van der Waals surface area contributed by atoms with Crippen molar-refractivity contribution < 1.29 is 29.0 Å². The van der Waals surface area contributed by atoms with Crippen LogP contribution in [-0.4, -0.2) is 30.4 Å². The molecule has 0 fully saturated rings. The Morgan fingerprint density at radius 1 is 0.967 bits per heavy atom. The van der Waals surface area contributed by atoms with Gasteiger partial charge in [0.05, 0.1) is 7.11 Å². The second-order valence-corrected chi connectivity index (χ2v) is 6.54. The first-order valence-corrected chi connectivity index (χ1v) is 9.25. The summed E-state index contributed by atoms with van der Waals surface area (Å²) < 4.78 is 15.8. The maximum absolute atomic E-state index is 12.6. The predicted octanol–water partition coefficient (Wildman–Crippen LogP) is 3.18. The molecule has 0 atom stereocenters. The number of carbonyl (C=O) groups is 1. The van der Waals surface area contributed by atoms with Crippen LogP contribution in [0, 0.1) is 6.92 Å². The number of hydrogen-bond acceptors (Lipinski definition) is 6. The van der Waals surface area contributed by atoms with Gasteiger partial charge >= 0.3 is 7.32 Å². The Hall–Kier alpha value is -3.49. The molecule has 3 aromatic rings. The molecular formula is C22H22BNO6. The van der Waals surface area contributed by atoms with Crippen LogP contribution in [0.5, 0.6) is 17.2 Å². The summed E-state index contributed by atoms with van der Waals surface area (Å²) in [6.45, 7) is 2.20. The average molecular weight is 407 g/mol. The lowest BCUT2D eigenvalue weighted by Gasteiger charge is -2.12. The van der Waals surface area contributed by atoms with Crippen LogP contribution in [0.2, 0.25) is 0 Å². The van der Waals surface area contributed by atoms with Crippen molar-refractivity contribution in [2.75, 3.05) is 12.4 Å². The van der Waals surface area contributed by atoms with Crippen molar-refractivity contribution in [1.29, 1.82) is 0 Å². The van der Waals surface area contributed by atoms with Crippen LogP contribution in [0.4, 0.5) is 5.69 Å². The quantitative estimate of drug-likeness (QED) is 0.497. The zero-order chi connectivity index (χ0) is 21.5. The van der Waals surface area contributed by atoms with Crippen molar-refractivity contribution in [3.05, 3.63) is 83.4 Å². The topological polar surface area (TPSA) is 97.3 Å². The molecule has 0 spiro atoms. The number of nitrogens with one attached hydrogen (secondary N) is 1. The Morgan fingerprint density at radius 3 is 2.40 bits per heavy atom. The molecule has 3 N–H and O–H groups in total. The van der Waals surface area contributed by atoms with E-state index >= 15 is 0 Å². The van der Waals surface area contributed by atoms with E-state index in [0.29, 0.717) is 23.6 Å². The van der Waals surface area contributed by atoms with Gasteiger partial charge in [-0.25, -0.2) is 0 Å². The molecule has 7 nitrogen and oxygen atoms in total. The van der Waals surface area contributed by atoms with E-state index in [1.165, 1.54) is 6.07 Å². The molecule has 0 aliphatic heterocycles. The molecular weight excluding hydrogens is 385 g/mol. The standard InChI is InChI=1S/C22H22BNO6/c1-15-6-9-20(30-23(26)27)13-21(15)24-22(25)17-7-10-18(11-8-17)29-14-16-4-3-5-19(12-16)28-2/h3-13,26-27H,14H2,1-2H3,(H,24,25). The van der Waals surface area contributed by atoms with Gasteiger partial charge in [0.25, 0.3) is 5.91 Å². The lowest BCUT2D eigenvalue weighted by atomic mass is 10.1. The number of benzene rings is 3. The Balaban J connectivity index is 1.62. The van der Waals surface area contributed by atoms with Crippen LogP contribution in [0.3, 0.4) is 0 Å². The molecule has 154 valence electrons. The highest BCUT2D eigenvalue weighted by Gasteiger charge is 2.13. The van der Waals surface area contributed by atoms with Gasteiger partial charge in [-0.15, -0.1) is 0 Å².